The zero-order valence-electron chi connectivity index (χ0n) is 12.9. The predicted molar refractivity (Wildman–Crippen MR) is 94.9 cm³/mol. The topological polar surface area (TPSA) is 79.5 Å². The second kappa shape index (κ2) is 7.20. The van der Waals surface area contributed by atoms with E-state index in [1.807, 2.05) is 0 Å². The number of aryl methyl sites for hydroxylation is 1. The van der Waals surface area contributed by atoms with Gasteiger partial charge in [0.1, 0.15) is 0 Å². The van der Waals surface area contributed by atoms with Crippen LogP contribution in [0.15, 0.2) is 36.6 Å². The van der Waals surface area contributed by atoms with Crippen molar-refractivity contribution < 1.29 is 12.9 Å². The molecule has 1 aromatic carbocycles. The number of rotatable bonds is 4. The molecule has 10 heteroatoms. The molecule has 7 nitrogen and oxygen atoms in total. The van der Waals surface area contributed by atoms with E-state index in [9.17, 15) is 8.42 Å². The van der Waals surface area contributed by atoms with Crippen LogP contribution >= 0.6 is 31.9 Å². The highest BCUT2D eigenvalue weighted by Crippen LogP contribution is 2.28. The maximum absolute atomic E-state index is 12.8. The number of hydrogen-bond donors (Lipinski definition) is 0. The van der Waals surface area contributed by atoms with Gasteiger partial charge >= 0.3 is 0 Å². The van der Waals surface area contributed by atoms with Crippen LogP contribution in [0.2, 0.25) is 0 Å². The van der Waals surface area contributed by atoms with Gasteiger partial charge in [-0.2, -0.15) is 9.29 Å². The summed E-state index contributed by atoms with van der Waals surface area (Å²) in [5.41, 5.74) is 0. The van der Waals surface area contributed by atoms with Crippen molar-refractivity contribution >= 4 is 41.9 Å². The van der Waals surface area contributed by atoms with Crippen LogP contribution in [0.25, 0.3) is 0 Å². The van der Waals surface area contributed by atoms with E-state index in [0.717, 1.165) is 4.47 Å². The van der Waals surface area contributed by atoms with Crippen LogP contribution in [0, 0.1) is 6.92 Å². The van der Waals surface area contributed by atoms with Gasteiger partial charge in [-0.15, -0.1) is 0 Å². The molecule has 2 aromatic rings. The summed E-state index contributed by atoms with van der Waals surface area (Å²) in [6.45, 7) is 4.39. The summed E-state index contributed by atoms with van der Waals surface area (Å²) in [4.78, 5) is 6.56. The van der Waals surface area contributed by atoms with E-state index in [1.54, 1.807) is 25.1 Å². The third-order valence-corrected chi connectivity index (χ3v) is 7.16. The fourth-order valence-corrected chi connectivity index (χ4v) is 5.42. The Kier molecular flexibility index (Phi) is 5.40. The second-order valence-corrected chi connectivity index (χ2v) is 9.17. The number of halogens is 2. The average molecular weight is 480 g/mol. The summed E-state index contributed by atoms with van der Waals surface area (Å²) in [7, 11) is -3.53. The van der Waals surface area contributed by atoms with Gasteiger partial charge in [0.2, 0.25) is 15.9 Å². The van der Waals surface area contributed by atoms with Gasteiger partial charge in [-0.3, -0.25) is 4.90 Å². The van der Waals surface area contributed by atoms with Crippen molar-refractivity contribution in [2.75, 3.05) is 26.2 Å². The summed E-state index contributed by atoms with van der Waals surface area (Å²) in [6, 6.07) is 5.14. The van der Waals surface area contributed by atoms with Crippen molar-refractivity contribution in [3.63, 3.8) is 0 Å². The fraction of sp³-hybridized carbons (Fsp3) is 0.429. The number of nitrogens with zero attached hydrogens (tertiary/aromatic N) is 4. The Balaban J connectivity index is 1.68. The first-order chi connectivity index (χ1) is 11.4. The van der Waals surface area contributed by atoms with Crippen LogP contribution in [0.3, 0.4) is 0 Å². The van der Waals surface area contributed by atoms with Gasteiger partial charge in [-0.25, -0.2) is 8.42 Å². The lowest BCUT2D eigenvalue weighted by Crippen LogP contribution is -2.48. The lowest BCUT2D eigenvalue weighted by atomic mass is 10.3. The molecule has 0 spiro atoms. The summed E-state index contributed by atoms with van der Waals surface area (Å²) in [5.74, 6) is 1.16. The average Bonchev–Trinajstić information content (AvgIpc) is 2.95. The van der Waals surface area contributed by atoms with Gasteiger partial charge in [0, 0.05) is 35.1 Å². The van der Waals surface area contributed by atoms with Crippen LogP contribution in [-0.4, -0.2) is 53.9 Å². The molecule has 2 heterocycles. The van der Waals surface area contributed by atoms with Crippen molar-refractivity contribution in [1.82, 2.24) is 19.3 Å². The normalized spacial score (nSPS) is 17.3. The van der Waals surface area contributed by atoms with Gasteiger partial charge in [-0.05, 0) is 41.1 Å². The van der Waals surface area contributed by atoms with Gasteiger partial charge in [0.15, 0.2) is 5.82 Å². The van der Waals surface area contributed by atoms with E-state index in [2.05, 4.69) is 46.9 Å². The maximum Gasteiger partial charge on any atom is 0.244 e. The largest absolute Gasteiger partial charge is 0.338 e. The monoisotopic (exact) mass is 478 g/mol. The first-order valence-electron chi connectivity index (χ1n) is 7.33. The Bertz CT molecular complexity index is 832. The zero-order chi connectivity index (χ0) is 17.3. The minimum absolute atomic E-state index is 0.276. The highest BCUT2D eigenvalue weighted by molar-refractivity contribution is 9.11. The Hall–Kier alpha value is -0.810. The minimum Gasteiger partial charge on any atom is -0.338 e. The lowest BCUT2D eigenvalue weighted by molar-refractivity contribution is 0.163. The molecule has 0 unspecified atom stereocenters. The third kappa shape index (κ3) is 3.88. The van der Waals surface area contributed by atoms with Crippen LogP contribution in [0.5, 0.6) is 0 Å². The SMILES string of the molecule is Cc1noc(CN2CCN(S(=O)(=O)c3cc(Br)ccc3Br)CC2)n1. The summed E-state index contributed by atoms with van der Waals surface area (Å²) >= 11 is 6.65. The number of piperazine rings is 1. The molecule has 1 aliphatic heterocycles. The zero-order valence-corrected chi connectivity index (χ0v) is 16.9. The summed E-state index contributed by atoms with van der Waals surface area (Å²) in [6.07, 6.45) is 0. The first kappa shape index (κ1) is 18.0. The predicted octanol–water partition coefficient (Wildman–Crippen LogP) is 2.41. The van der Waals surface area contributed by atoms with Crippen LogP contribution in [0.4, 0.5) is 0 Å². The molecular weight excluding hydrogens is 464 g/mol. The number of benzene rings is 1. The Labute approximate surface area is 157 Å². The van der Waals surface area contributed by atoms with Crippen molar-refractivity contribution in [3.05, 3.63) is 38.9 Å². The fourth-order valence-electron chi connectivity index (χ4n) is 2.54. The van der Waals surface area contributed by atoms with E-state index in [1.165, 1.54) is 4.31 Å². The number of aromatic nitrogens is 2. The summed E-state index contributed by atoms with van der Waals surface area (Å²) in [5, 5.41) is 3.77. The minimum atomic E-state index is -3.53. The first-order valence-corrected chi connectivity index (χ1v) is 10.4. The summed E-state index contributed by atoms with van der Waals surface area (Å²) < 4.78 is 33.6. The lowest BCUT2D eigenvalue weighted by Gasteiger charge is -2.33. The maximum atomic E-state index is 12.8. The Morgan fingerprint density at radius 1 is 1.21 bits per heavy atom. The molecule has 1 aliphatic rings. The molecule has 0 N–H and O–H groups in total. The molecule has 130 valence electrons. The van der Waals surface area contributed by atoms with Crippen molar-refractivity contribution in [3.8, 4) is 0 Å². The van der Waals surface area contributed by atoms with E-state index < -0.39 is 10.0 Å². The standard InChI is InChI=1S/C14H16Br2N4O3S/c1-10-17-14(23-18-10)9-19-4-6-20(7-5-19)24(21,22)13-8-11(15)2-3-12(13)16/h2-3,8H,4-7,9H2,1H3. The van der Waals surface area contributed by atoms with Crippen molar-refractivity contribution in [2.24, 2.45) is 0 Å². The molecule has 0 amide bonds. The van der Waals surface area contributed by atoms with E-state index in [0.29, 0.717) is 48.9 Å². The molecule has 0 aliphatic carbocycles. The molecule has 3 rings (SSSR count). The van der Waals surface area contributed by atoms with Crippen LogP contribution < -0.4 is 0 Å². The highest BCUT2D eigenvalue weighted by atomic mass is 79.9. The molecule has 0 atom stereocenters. The molecule has 1 aromatic heterocycles. The molecular formula is C14H16Br2N4O3S. The Morgan fingerprint density at radius 3 is 2.54 bits per heavy atom. The molecule has 24 heavy (non-hydrogen) atoms. The molecule has 0 radical (unpaired) electrons. The molecule has 0 bridgehead atoms. The van der Waals surface area contributed by atoms with E-state index in [4.69, 9.17) is 4.52 Å². The Morgan fingerprint density at radius 2 is 1.92 bits per heavy atom. The smallest absolute Gasteiger partial charge is 0.244 e. The second-order valence-electron chi connectivity index (χ2n) is 5.49. The van der Waals surface area contributed by atoms with Crippen LogP contribution in [-0.2, 0) is 16.6 Å². The quantitative estimate of drug-likeness (QED) is 0.669. The van der Waals surface area contributed by atoms with E-state index >= 15 is 0 Å². The highest BCUT2D eigenvalue weighted by Gasteiger charge is 2.30. The van der Waals surface area contributed by atoms with Crippen molar-refractivity contribution in [2.45, 2.75) is 18.4 Å². The van der Waals surface area contributed by atoms with Crippen molar-refractivity contribution in [1.29, 1.82) is 0 Å². The van der Waals surface area contributed by atoms with E-state index in [-0.39, 0.29) is 4.90 Å². The molecule has 1 saturated heterocycles. The number of sulfonamides is 1. The van der Waals surface area contributed by atoms with Gasteiger partial charge in [0.05, 0.1) is 11.4 Å². The number of hydrogen-bond acceptors (Lipinski definition) is 6. The van der Waals surface area contributed by atoms with Gasteiger partial charge < -0.3 is 4.52 Å². The van der Waals surface area contributed by atoms with Gasteiger partial charge in [0.25, 0.3) is 0 Å². The van der Waals surface area contributed by atoms with Gasteiger partial charge in [-0.1, -0.05) is 21.1 Å². The molecule has 1 fully saturated rings. The molecule has 0 saturated carbocycles. The third-order valence-electron chi connectivity index (χ3n) is 3.77. The van der Waals surface area contributed by atoms with Crippen LogP contribution in [0.1, 0.15) is 11.7 Å².